The smallest absolute Gasteiger partial charge is 0.211 e. The van der Waals surface area contributed by atoms with E-state index in [1.54, 1.807) is 6.20 Å². The summed E-state index contributed by atoms with van der Waals surface area (Å²) in [6, 6.07) is 7.61. The van der Waals surface area contributed by atoms with Crippen LogP contribution in [0.4, 0.5) is 0 Å². The van der Waals surface area contributed by atoms with Crippen LogP contribution in [0.2, 0.25) is 5.02 Å². The molecule has 0 radical (unpaired) electrons. The van der Waals surface area contributed by atoms with Gasteiger partial charge in [0.15, 0.2) is 5.89 Å². The number of benzene rings is 1. The lowest BCUT2D eigenvalue weighted by molar-refractivity contribution is 0.418. The van der Waals surface area contributed by atoms with E-state index in [1.807, 2.05) is 24.3 Å². The maximum absolute atomic E-state index is 11.6. The Morgan fingerprint density at radius 2 is 2.18 bits per heavy atom. The molecule has 1 aliphatic rings. The molecule has 0 N–H and O–H groups in total. The molecule has 1 fully saturated rings. The molecule has 1 unspecified atom stereocenters. The van der Waals surface area contributed by atoms with Crippen LogP contribution in [0.1, 0.15) is 29.6 Å². The van der Waals surface area contributed by atoms with Crippen molar-refractivity contribution in [3.8, 4) is 0 Å². The number of nitrogens with zero attached hydrogens (tertiary/aromatic N) is 2. The summed E-state index contributed by atoms with van der Waals surface area (Å²) in [6.45, 7) is 0.955. The fraction of sp³-hybridized carbons (Fsp3) is 0.400. The Bertz CT molecular complexity index is 773. The van der Waals surface area contributed by atoms with Gasteiger partial charge in [-0.3, -0.25) is 0 Å². The van der Waals surface area contributed by atoms with Crippen molar-refractivity contribution >= 4 is 21.6 Å². The Morgan fingerprint density at radius 1 is 1.41 bits per heavy atom. The second kappa shape index (κ2) is 6.02. The molecule has 1 aliphatic heterocycles. The summed E-state index contributed by atoms with van der Waals surface area (Å²) in [6.07, 6.45) is 4.24. The molecule has 0 saturated carbocycles. The topological polar surface area (TPSA) is 63.4 Å². The van der Waals surface area contributed by atoms with E-state index in [1.165, 1.54) is 10.6 Å². The van der Waals surface area contributed by atoms with Crippen molar-refractivity contribution < 1.29 is 12.8 Å². The molecule has 0 amide bonds. The highest BCUT2D eigenvalue weighted by molar-refractivity contribution is 7.88. The molecule has 1 aromatic heterocycles. The van der Waals surface area contributed by atoms with Crippen molar-refractivity contribution in [2.75, 3.05) is 19.3 Å². The van der Waals surface area contributed by atoms with Crippen LogP contribution in [0, 0.1) is 0 Å². The van der Waals surface area contributed by atoms with Crippen molar-refractivity contribution in [2.45, 2.75) is 18.8 Å². The van der Waals surface area contributed by atoms with Crippen LogP contribution < -0.4 is 0 Å². The summed E-state index contributed by atoms with van der Waals surface area (Å²) in [7, 11) is -3.14. The van der Waals surface area contributed by atoms with Crippen LogP contribution in [0.3, 0.4) is 0 Å². The molecular formula is C15H17ClN2O3S. The van der Waals surface area contributed by atoms with Crippen molar-refractivity contribution in [2.24, 2.45) is 0 Å². The molecular weight excluding hydrogens is 324 g/mol. The second-order valence-electron chi connectivity index (χ2n) is 5.54. The van der Waals surface area contributed by atoms with Crippen molar-refractivity contribution in [1.82, 2.24) is 9.29 Å². The van der Waals surface area contributed by atoms with Gasteiger partial charge < -0.3 is 4.42 Å². The second-order valence-corrected chi connectivity index (χ2v) is 7.93. The average Bonchev–Trinajstić information content (AvgIpc) is 3.09. The first-order chi connectivity index (χ1) is 10.4. The van der Waals surface area contributed by atoms with Gasteiger partial charge in [-0.15, -0.1) is 0 Å². The molecule has 2 heterocycles. The minimum Gasteiger partial charge on any atom is -0.445 e. The first kappa shape index (κ1) is 15.5. The van der Waals surface area contributed by atoms with Crippen LogP contribution in [0.15, 0.2) is 34.9 Å². The fourth-order valence-electron chi connectivity index (χ4n) is 2.65. The third kappa shape index (κ3) is 3.34. The Hall–Kier alpha value is -1.37. The normalized spacial score (nSPS) is 19.6. The molecule has 7 heteroatoms. The number of hydrogen-bond donors (Lipinski definition) is 0. The van der Waals surface area contributed by atoms with E-state index >= 15 is 0 Å². The van der Waals surface area contributed by atoms with Crippen LogP contribution in [0.5, 0.6) is 0 Å². The van der Waals surface area contributed by atoms with Gasteiger partial charge in [-0.1, -0.05) is 29.8 Å². The quantitative estimate of drug-likeness (QED) is 0.858. The number of rotatable bonds is 4. The fourth-order valence-corrected chi connectivity index (χ4v) is 3.74. The molecule has 22 heavy (non-hydrogen) atoms. The van der Waals surface area contributed by atoms with Crippen molar-refractivity contribution in [3.63, 3.8) is 0 Å². The third-order valence-corrected chi connectivity index (χ3v) is 5.50. The van der Waals surface area contributed by atoms with Crippen LogP contribution in [0.25, 0.3) is 0 Å². The zero-order valence-electron chi connectivity index (χ0n) is 12.2. The summed E-state index contributed by atoms with van der Waals surface area (Å²) >= 11 is 6.14. The van der Waals surface area contributed by atoms with Gasteiger partial charge in [-0.25, -0.2) is 17.7 Å². The predicted molar refractivity (Wildman–Crippen MR) is 84.5 cm³/mol. The first-order valence-corrected chi connectivity index (χ1v) is 9.29. The van der Waals surface area contributed by atoms with E-state index in [9.17, 15) is 8.42 Å². The van der Waals surface area contributed by atoms with E-state index in [2.05, 4.69) is 4.98 Å². The number of oxazole rings is 1. The van der Waals surface area contributed by atoms with Crippen LogP contribution in [-0.2, 0) is 16.4 Å². The molecule has 0 spiro atoms. The summed E-state index contributed by atoms with van der Waals surface area (Å²) in [5.74, 6) is 1.36. The minimum absolute atomic E-state index is 0.0229. The molecule has 1 saturated heterocycles. The summed E-state index contributed by atoms with van der Waals surface area (Å²) in [5.41, 5.74) is 0.982. The summed E-state index contributed by atoms with van der Waals surface area (Å²) in [5, 5.41) is 0.699. The monoisotopic (exact) mass is 340 g/mol. The Morgan fingerprint density at radius 3 is 2.86 bits per heavy atom. The highest BCUT2D eigenvalue weighted by atomic mass is 35.5. The van der Waals surface area contributed by atoms with Crippen LogP contribution >= 0.6 is 11.6 Å². The molecule has 118 valence electrons. The van der Waals surface area contributed by atoms with Crippen molar-refractivity contribution in [1.29, 1.82) is 0 Å². The van der Waals surface area contributed by atoms with Gasteiger partial charge in [0, 0.05) is 24.5 Å². The molecule has 3 rings (SSSR count). The number of hydrogen-bond acceptors (Lipinski definition) is 4. The molecule has 1 atom stereocenters. The minimum atomic E-state index is -3.14. The molecule has 0 aliphatic carbocycles. The average molecular weight is 341 g/mol. The maximum Gasteiger partial charge on any atom is 0.211 e. The summed E-state index contributed by atoms with van der Waals surface area (Å²) in [4.78, 5) is 4.31. The van der Waals surface area contributed by atoms with Gasteiger partial charge in [0.05, 0.1) is 18.4 Å². The van der Waals surface area contributed by atoms with E-state index < -0.39 is 10.0 Å². The standard InChI is InChI=1S/C15H17ClN2O3S/c1-22(19,20)18-7-6-12(10-18)15-17-9-13(21-15)8-11-4-2-3-5-14(11)16/h2-5,9,12H,6-8,10H2,1H3. The molecule has 2 aromatic rings. The lowest BCUT2D eigenvalue weighted by atomic mass is 10.1. The zero-order valence-corrected chi connectivity index (χ0v) is 13.8. The Labute approximate surface area is 135 Å². The van der Waals surface area contributed by atoms with E-state index in [0.717, 1.165) is 17.7 Å². The molecule has 5 nitrogen and oxygen atoms in total. The number of sulfonamides is 1. The Kier molecular flexibility index (Phi) is 4.25. The highest BCUT2D eigenvalue weighted by Gasteiger charge is 2.32. The van der Waals surface area contributed by atoms with E-state index in [0.29, 0.717) is 30.4 Å². The maximum atomic E-state index is 11.6. The van der Waals surface area contributed by atoms with Crippen LogP contribution in [-0.4, -0.2) is 37.1 Å². The number of aromatic nitrogens is 1. The van der Waals surface area contributed by atoms with Crippen molar-refractivity contribution in [3.05, 3.63) is 52.7 Å². The van der Waals surface area contributed by atoms with Gasteiger partial charge in [0.25, 0.3) is 0 Å². The van der Waals surface area contributed by atoms with Gasteiger partial charge in [-0.2, -0.15) is 0 Å². The van der Waals surface area contributed by atoms with Gasteiger partial charge in [-0.05, 0) is 18.1 Å². The van der Waals surface area contributed by atoms with E-state index in [-0.39, 0.29) is 5.92 Å². The predicted octanol–water partition coefficient (Wildman–Crippen LogP) is 2.67. The SMILES string of the molecule is CS(=O)(=O)N1CCC(c2ncc(Cc3ccccc3Cl)o2)C1. The van der Waals surface area contributed by atoms with Gasteiger partial charge in [0.1, 0.15) is 5.76 Å². The highest BCUT2D eigenvalue weighted by Crippen LogP contribution is 2.29. The first-order valence-electron chi connectivity index (χ1n) is 7.06. The van der Waals surface area contributed by atoms with Gasteiger partial charge >= 0.3 is 0 Å². The lowest BCUT2D eigenvalue weighted by Gasteiger charge is -2.11. The van der Waals surface area contributed by atoms with Gasteiger partial charge in [0.2, 0.25) is 10.0 Å². The van der Waals surface area contributed by atoms with E-state index in [4.69, 9.17) is 16.0 Å². The molecule has 1 aromatic carbocycles. The lowest BCUT2D eigenvalue weighted by Crippen LogP contribution is -2.27. The Balaban J connectivity index is 1.71. The summed E-state index contributed by atoms with van der Waals surface area (Å²) < 4.78 is 30.4. The molecule has 0 bridgehead atoms. The number of halogens is 1. The zero-order chi connectivity index (χ0) is 15.7. The largest absolute Gasteiger partial charge is 0.445 e. The third-order valence-electron chi connectivity index (χ3n) is 3.86.